The van der Waals surface area contributed by atoms with Crippen LogP contribution in [-0.2, 0) is 6.42 Å². The van der Waals surface area contributed by atoms with Crippen molar-refractivity contribution < 1.29 is 8.78 Å². The Morgan fingerprint density at radius 3 is 2.52 bits per heavy atom. The Bertz CT molecular complexity index is 856. The van der Waals surface area contributed by atoms with E-state index >= 15 is 0 Å². The first kappa shape index (κ1) is 15.9. The minimum absolute atomic E-state index is 0.0375. The molecule has 118 valence electrons. The molecule has 0 fully saturated rings. The molecule has 0 aliphatic carbocycles. The summed E-state index contributed by atoms with van der Waals surface area (Å²) in [6.45, 7) is 2.15. The molecule has 3 rings (SSSR count). The number of unbranched alkanes of at least 4 members (excludes halogenated alkanes) is 1. The highest BCUT2D eigenvalue weighted by Crippen LogP contribution is 2.31. The maximum atomic E-state index is 14.8. The molecule has 0 heterocycles. The average molecular weight is 331 g/mol. The molecule has 0 bridgehead atoms. The van der Waals surface area contributed by atoms with Gasteiger partial charge >= 0.3 is 0 Å². The summed E-state index contributed by atoms with van der Waals surface area (Å²) in [6, 6.07) is 13.7. The van der Waals surface area contributed by atoms with Crippen molar-refractivity contribution in [3.8, 4) is 11.1 Å². The van der Waals surface area contributed by atoms with Crippen molar-refractivity contribution in [3.63, 3.8) is 0 Å². The van der Waals surface area contributed by atoms with E-state index in [2.05, 4.69) is 6.92 Å². The van der Waals surface area contributed by atoms with Gasteiger partial charge in [0, 0.05) is 10.9 Å². The predicted octanol–water partition coefficient (Wildman–Crippen LogP) is 6.78. The van der Waals surface area contributed by atoms with E-state index < -0.39 is 5.82 Å². The lowest BCUT2D eigenvalue weighted by atomic mass is 9.98. The largest absolute Gasteiger partial charge is 0.206 e. The van der Waals surface area contributed by atoms with E-state index in [1.54, 1.807) is 12.1 Å². The van der Waals surface area contributed by atoms with E-state index in [1.807, 2.05) is 24.3 Å². The molecule has 23 heavy (non-hydrogen) atoms. The summed E-state index contributed by atoms with van der Waals surface area (Å²) in [6.07, 6.45) is 3.25. The van der Waals surface area contributed by atoms with Gasteiger partial charge in [-0.25, -0.2) is 8.78 Å². The van der Waals surface area contributed by atoms with Crippen LogP contribution in [0.15, 0.2) is 48.5 Å². The third-order valence-electron chi connectivity index (χ3n) is 4.07. The fourth-order valence-corrected chi connectivity index (χ4v) is 2.88. The Morgan fingerprint density at radius 1 is 0.957 bits per heavy atom. The second-order valence-corrected chi connectivity index (χ2v) is 6.12. The first-order valence-electron chi connectivity index (χ1n) is 7.76. The number of aryl methyl sites for hydroxylation is 1. The van der Waals surface area contributed by atoms with Crippen molar-refractivity contribution in [2.24, 2.45) is 0 Å². The molecule has 0 aliphatic rings. The summed E-state index contributed by atoms with van der Waals surface area (Å²) in [4.78, 5) is 0. The van der Waals surface area contributed by atoms with E-state index in [0.717, 1.165) is 24.6 Å². The highest BCUT2D eigenvalue weighted by Gasteiger charge is 2.11. The summed E-state index contributed by atoms with van der Waals surface area (Å²) >= 11 is 5.69. The lowest BCUT2D eigenvalue weighted by molar-refractivity contribution is 0.627. The van der Waals surface area contributed by atoms with Gasteiger partial charge in [0.05, 0.1) is 5.02 Å². The number of hydrogen-bond acceptors (Lipinski definition) is 0. The zero-order valence-electron chi connectivity index (χ0n) is 12.9. The Hall–Kier alpha value is -1.93. The van der Waals surface area contributed by atoms with E-state index in [-0.39, 0.29) is 10.8 Å². The SMILES string of the molecule is CCCCc1ccc2c(F)c(-c3ccc(Cl)c(F)c3)ccc2c1. The zero-order valence-corrected chi connectivity index (χ0v) is 13.6. The molecule has 0 N–H and O–H groups in total. The van der Waals surface area contributed by atoms with Crippen LogP contribution < -0.4 is 0 Å². The molecular weight excluding hydrogens is 314 g/mol. The molecule has 0 nitrogen and oxygen atoms in total. The van der Waals surface area contributed by atoms with Gasteiger partial charge in [0.25, 0.3) is 0 Å². The van der Waals surface area contributed by atoms with Gasteiger partial charge in [0.1, 0.15) is 11.6 Å². The lowest BCUT2D eigenvalue weighted by Gasteiger charge is -2.09. The van der Waals surface area contributed by atoms with E-state index in [1.165, 1.54) is 17.7 Å². The molecule has 0 radical (unpaired) electrons. The molecule has 0 amide bonds. The first-order valence-corrected chi connectivity index (χ1v) is 8.14. The van der Waals surface area contributed by atoms with E-state index in [9.17, 15) is 8.78 Å². The van der Waals surface area contributed by atoms with Gasteiger partial charge < -0.3 is 0 Å². The Morgan fingerprint density at radius 2 is 1.78 bits per heavy atom. The van der Waals surface area contributed by atoms with Crippen LogP contribution in [0.1, 0.15) is 25.3 Å². The summed E-state index contributed by atoms with van der Waals surface area (Å²) in [7, 11) is 0. The fraction of sp³-hybridized carbons (Fsp3) is 0.200. The highest BCUT2D eigenvalue weighted by atomic mass is 35.5. The summed E-state index contributed by atoms with van der Waals surface area (Å²) < 4.78 is 28.4. The van der Waals surface area contributed by atoms with Crippen molar-refractivity contribution in [2.75, 3.05) is 0 Å². The highest BCUT2D eigenvalue weighted by molar-refractivity contribution is 6.30. The molecule has 3 aromatic rings. The number of hydrogen-bond donors (Lipinski definition) is 0. The van der Waals surface area contributed by atoms with Gasteiger partial charge in [-0.15, -0.1) is 0 Å². The van der Waals surface area contributed by atoms with Gasteiger partial charge in [0.15, 0.2) is 0 Å². The summed E-state index contributed by atoms with van der Waals surface area (Å²) in [5.74, 6) is -0.871. The molecule has 0 spiro atoms. The third kappa shape index (κ3) is 3.23. The van der Waals surface area contributed by atoms with E-state index in [4.69, 9.17) is 11.6 Å². The monoisotopic (exact) mass is 330 g/mol. The number of fused-ring (bicyclic) bond motifs is 1. The normalized spacial score (nSPS) is 11.1. The van der Waals surface area contributed by atoms with E-state index in [0.29, 0.717) is 16.5 Å². The van der Waals surface area contributed by atoms with Crippen molar-refractivity contribution >= 4 is 22.4 Å². The predicted molar refractivity (Wildman–Crippen MR) is 92.9 cm³/mol. The van der Waals surface area contributed by atoms with Crippen LogP contribution in [0.5, 0.6) is 0 Å². The van der Waals surface area contributed by atoms with Gasteiger partial charge in [0.2, 0.25) is 0 Å². The minimum atomic E-state index is -0.543. The first-order chi connectivity index (χ1) is 11.1. The standard InChI is InChI=1S/C20H17ClF2/c1-2-3-4-13-5-8-16-14(11-13)6-9-17(20(16)23)15-7-10-18(21)19(22)12-15/h5-12H,2-4H2,1H3. The zero-order chi connectivity index (χ0) is 16.4. The van der Waals surface area contributed by atoms with Gasteiger partial charge in [-0.3, -0.25) is 0 Å². The number of rotatable bonds is 4. The van der Waals surface area contributed by atoms with Gasteiger partial charge in [-0.2, -0.15) is 0 Å². The molecule has 0 aliphatic heterocycles. The molecule has 0 saturated heterocycles. The van der Waals surface area contributed by atoms with Gasteiger partial charge in [-0.1, -0.05) is 61.3 Å². The van der Waals surface area contributed by atoms with Crippen LogP contribution in [0.4, 0.5) is 8.78 Å². The Kier molecular flexibility index (Phi) is 4.63. The maximum absolute atomic E-state index is 14.8. The maximum Gasteiger partial charge on any atom is 0.142 e. The number of benzene rings is 3. The van der Waals surface area contributed by atoms with Crippen LogP contribution in [0.2, 0.25) is 5.02 Å². The van der Waals surface area contributed by atoms with Crippen LogP contribution in [-0.4, -0.2) is 0 Å². The molecule has 3 aromatic carbocycles. The second-order valence-electron chi connectivity index (χ2n) is 5.72. The minimum Gasteiger partial charge on any atom is -0.206 e. The van der Waals surface area contributed by atoms with Crippen molar-refractivity contribution in [1.82, 2.24) is 0 Å². The Balaban J connectivity index is 2.06. The number of halogens is 3. The van der Waals surface area contributed by atoms with Crippen LogP contribution in [0.25, 0.3) is 21.9 Å². The third-order valence-corrected chi connectivity index (χ3v) is 4.37. The molecule has 0 atom stereocenters. The summed E-state index contributed by atoms with van der Waals surface area (Å²) in [5, 5.41) is 1.46. The van der Waals surface area contributed by atoms with Crippen LogP contribution in [0.3, 0.4) is 0 Å². The smallest absolute Gasteiger partial charge is 0.142 e. The molecule has 0 unspecified atom stereocenters. The van der Waals surface area contributed by atoms with Gasteiger partial charge in [-0.05, 0) is 41.5 Å². The fourth-order valence-electron chi connectivity index (χ4n) is 2.76. The summed E-state index contributed by atoms with van der Waals surface area (Å²) in [5.41, 5.74) is 2.08. The van der Waals surface area contributed by atoms with Crippen molar-refractivity contribution in [2.45, 2.75) is 26.2 Å². The van der Waals surface area contributed by atoms with Crippen molar-refractivity contribution in [1.29, 1.82) is 0 Å². The molecule has 0 saturated carbocycles. The van der Waals surface area contributed by atoms with Crippen LogP contribution >= 0.6 is 11.6 Å². The van der Waals surface area contributed by atoms with Crippen LogP contribution in [0, 0.1) is 11.6 Å². The molecule has 3 heteroatoms. The van der Waals surface area contributed by atoms with Crippen molar-refractivity contribution in [3.05, 3.63) is 70.8 Å². The second kappa shape index (κ2) is 6.67. The molecule has 0 aromatic heterocycles. The topological polar surface area (TPSA) is 0 Å². The average Bonchev–Trinajstić information content (AvgIpc) is 2.56. The quantitative estimate of drug-likeness (QED) is 0.494. The molecular formula is C20H17ClF2. The lowest BCUT2D eigenvalue weighted by Crippen LogP contribution is -1.90. The Labute approximate surface area is 139 Å².